The number of thioether (sulfide) groups is 1. The normalized spacial score (nSPS) is 16.7. The quantitative estimate of drug-likeness (QED) is 0.817. The fourth-order valence-corrected chi connectivity index (χ4v) is 3.39. The van der Waals surface area contributed by atoms with Crippen molar-refractivity contribution in [3.8, 4) is 0 Å². The molecule has 0 aliphatic heterocycles. The average Bonchev–Trinajstić information content (AvgIpc) is 2.45. The first-order chi connectivity index (χ1) is 9.79. The molecule has 0 bridgehead atoms. The zero-order chi connectivity index (χ0) is 13.9. The lowest BCUT2D eigenvalue weighted by molar-refractivity contribution is 0.217. The van der Waals surface area contributed by atoms with E-state index >= 15 is 0 Å². The van der Waals surface area contributed by atoms with Gasteiger partial charge in [-0.2, -0.15) is 0 Å². The Balaban J connectivity index is 1.84. The molecular weight excluding hydrogens is 264 g/mol. The van der Waals surface area contributed by atoms with Gasteiger partial charge in [0.25, 0.3) is 0 Å². The van der Waals surface area contributed by atoms with Gasteiger partial charge in [0.1, 0.15) is 6.10 Å². The van der Waals surface area contributed by atoms with E-state index < -0.39 is 6.10 Å². The highest BCUT2D eigenvalue weighted by molar-refractivity contribution is 7.98. The van der Waals surface area contributed by atoms with Crippen LogP contribution in [-0.4, -0.2) is 11.4 Å². The first-order valence-corrected chi connectivity index (χ1v) is 8.43. The monoisotopic (exact) mass is 284 g/mol. The molecule has 1 nitrogen and oxygen atoms in total. The van der Waals surface area contributed by atoms with Gasteiger partial charge in [-0.3, -0.25) is 0 Å². The molecule has 0 amide bonds. The Hall–Kier alpha value is -1.25. The van der Waals surface area contributed by atoms with E-state index in [4.69, 9.17) is 0 Å². The molecule has 0 aromatic heterocycles. The van der Waals surface area contributed by atoms with Crippen LogP contribution in [-0.2, 0) is 0 Å². The molecular formula is C18H20OS. The Morgan fingerprint density at radius 3 is 2.35 bits per heavy atom. The lowest BCUT2D eigenvalue weighted by Crippen LogP contribution is -2.09. The Bertz CT molecular complexity index is 572. The van der Waals surface area contributed by atoms with Gasteiger partial charge >= 0.3 is 0 Å². The molecule has 0 spiro atoms. The lowest BCUT2D eigenvalue weighted by atomic mass is 9.80. The highest BCUT2D eigenvalue weighted by atomic mass is 32.2. The van der Waals surface area contributed by atoms with Gasteiger partial charge in [-0.05, 0) is 47.8 Å². The van der Waals surface area contributed by atoms with E-state index in [0.717, 1.165) is 21.9 Å². The molecule has 1 fully saturated rings. The van der Waals surface area contributed by atoms with Gasteiger partial charge in [0.2, 0.25) is 0 Å². The molecule has 1 aliphatic carbocycles. The van der Waals surface area contributed by atoms with E-state index in [1.807, 2.05) is 24.5 Å². The summed E-state index contributed by atoms with van der Waals surface area (Å²) in [7, 11) is 0. The summed E-state index contributed by atoms with van der Waals surface area (Å²) >= 11 is 1.68. The summed E-state index contributed by atoms with van der Waals surface area (Å²) < 4.78 is 0. The Morgan fingerprint density at radius 1 is 1.05 bits per heavy atom. The van der Waals surface area contributed by atoms with E-state index in [1.54, 1.807) is 11.8 Å². The molecule has 0 radical (unpaired) electrons. The van der Waals surface area contributed by atoms with Crippen molar-refractivity contribution in [1.29, 1.82) is 0 Å². The number of aliphatic hydroxyl groups is 1. The minimum absolute atomic E-state index is 0.533. The van der Waals surface area contributed by atoms with Crippen molar-refractivity contribution in [1.82, 2.24) is 0 Å². The van der Waals surface area contributed by atoms with Gasteiger partial charge in [0.15, 0.2) is 0 Å². The topological polar surface area (TPSA) is 20.2 Å². The molecule has 0 saturated heterocycles. The number of hydrogen-bond donors (Lipinski definition) is 1. The van der Waals surface area contributed by atoms with Crippen LogP contribution in [0.1, 0.15) is 48.0 Å². The zero-order valence-electron chi connectivity index (χ0n) is 11.8. The van der Waals surface area contributed by atoms with Gasteiger partial charge in [-0.15, -0.1) is 11.8 Å². The molecule has 1 N–H and O–H groups in total. The minimum atomic E-state index is -0.533. The summed E-state index contributed by atoms with van der Waals surface area (Å²) in [4.78, 5) is 1.14. The van der Waals surface area contributed by atoms with E-state index in [2.05, 4.69) is 30.3 Å². The van der Waals surface area contributed by atoms with Crippen molar-refractivity contribution in [3.63, 3.8) is 0 Å². The van der Waals surface area contributed by atoms with Crippen LogP contribution < -0.4 is 0 Å². The van der Waals surface area contributed by atoms with Crippen LogP contribution in [0.2, 0.25) is 0 Å². The predicted octanol–water partition coefficient (Wildman–Crippen LogP) is 4.76. The first-order valence-electron chi connectivity index (χ1n) is 7.20. The summed E-state index contributed by atoms with van der Waals surface area (Å²) in [5.74, 6) is 0.750. The van der Waals surface area contributed by atoms with E-state index in [9.17, 15) is 5.11 Å². The van der Waals surface area contributed by atoms with Crippen LogP contribution in [0, 0.1) is 0 Å². The smallest absolute Gasteiger partial charge is 0.105 e. The molecule has 0 heterocycles. The van der Waals surface area contributed by atoms with Crippen molar-refractivity contribution in [2.24, 2.45) is 0 Å². The van der Waals surface area contributed by atoms with Gasteiger partial charge in [0, 0.05) is 4.90 Å². The van der Waals surface area contributed by atoms with Crippen LogP contribution in [0.15, 0.2) is 53.4 Å². The number of hydrogen-bond acceptors (Lipinski definition) is 2. The Labute approximate surface area is 125 Å². The fraction of sp³-hybridized carbons (Fsp3) is 0.333. The van der Waals surface area contributed by atoms with Crippen molar-refractivity contribution in [2.75, 3.05) is 6.26 Å². The average molecular weight is 284 g/mol. The summed E-state index contributed by atoms with van der Waals surface area (Å²) in [6, 6.07) is 16.6. The number of benzene rings is 2. The molecule has 1 atom stereocenters. The van der Waals surface area contributed by atoms with Crippen molar-refractivity contribution >= 4 is 11.8 Å². The lowest BCUT2D eigenvalue weighted by Gasteiger charge is -2.26. The maximum absolute atomic E-state index is 10.6. The Kier molecular flexibility index (Phi) is 4.13. The maximum atomic E-state index is 10.6. The molecule has 2 aromatic carbocycles. The SMILES string of the molecule is CSc1ccccc1C(O)c1ccc(C2CCC2)cc1. The van der Waals surface area contributed by atoms with E-state index in [0.29, 0.717) is 0 Å². The second-order valence-corrected chi connectivity index (χ2v) is 6.29. The third-order valence-corrected chi connectivity index (χ3v) is 5.07. The number of rotatable bonds is 4. The van der Waals surface area contributed by atoms with Crippen LogP contribution in [0.5, 0.6) is 0 Å². The zero-order valence-corrected chi connectivity index (χ0v) is 12.6. The molecule has 1 unspecified atom stereocenters. The number of aliphatic hydroxyl groups excluding tert-OH is 1. The van der Waals surface area contributed by atoms with Crippen molar-refractivity contribution in [2.45, 2.75) is 36.2 Å². The standard InChI is InChI=1S/C18H20OS/c1-20-17-8-3-2-7-16(17)18(19)15-11-9-14(10-12-15)13-5-4-6-13/h2-3,7-13,18-19H,4-6H2,1H3. The Morgan fingerprint density at radius 2 is 1.75 bits per heavy atom. The van der Waals surface area contributed by atoms with E-state index in [1.165, 1.54) is 24.8 Å². The van der Waals surface area contributed by atoms with Gasteiger partial charge in [-0.1, -0.05) is 48.9 Å². The van der Waals surface area contributed by atoms with Crippen molar-refractivity contribution in [3.05, 3.63) is 65.2 Å². The summed E-state index contributed by atoms with van der Waals surface area (Å²) in [5.41, 5.74) is 3.40. The van der Waals surface area contributed by atoms with Crippen molar-refractivity contribution < 1.29 is 5.11 Å². The molecule has 2 heteroatoms. The molecule has 3 rings (SSSR count). The van der Waals surface area contributed by atoms with Crippen LogP contribution in [0.4, 0.5) is 0 Å². The molecule has 20 heavy (non-hydrogen) atoms. The van der Waals surface area contributed by atoms with Gasteiger partial charge in [0.05, 0.1) is 0 Å². The van der Waals surface area contributed by atoms with Gasteiger partial charge in [-0.25, -0.2) is 0 Å². The van der Waals surface area contributed by atoms with Crippen LogP contribution in [0.25, 0.3) is 0 Å². The molecule has 1 saturated carbocycles. The largest absolute Gasteiger partial charge is 0.384 e. The predicted molar refractivity (Wildman–Crippen MR) is 85.3 cm³/mol. The summed E-state index contributed by atoms with van der Waals surface area (Å²) in [6.07, 6.45) is 5.50. The third kappa shape index (κ3) is 2.63. The molecule has 2 aromatic rings. The summed E-state index contributed by atoms with van der Waals surface area (Å²) in [6.45, 7) is 0. The van der Waals surface area contributed by atoms with Crippen LogP contribution >= 0.6 is 11.8 Å². The highest BCUT2D eigenvalue weighted by Gasteiger charge is 2.20. The summed E-state index contributed by atoms with van der Waals surface area (Å²) in [5, 5.41) is 10.6. The van der Waals surface area contributed by atoms with Gasteiger partial charge < -0.3 is 5.11 Å². The fourth-order valence-electron chi connectivity index (χ4n) is 2.76. The first kappa shape index (κ1) is 13.7. The maximum Gasteiger partial charge on any atom is 0.105 e. The van der Waals surface area contributed by atoms with Crippen LogP contribution in [0.3, 0.4) is 0 Å². The minimum Gasteiger partial charge on any atom is -0.384 e. The second-order valence-electron chi connectivity index (χ2n) is 5.44. The molecule has 104 valence electrons. The van der Waals surface area contributed by atoms with E-state index in [-0.39, 0.29) is 0 Å². The highest BCUT2D eigenvalue weighted by Crippen LogP contribution is 2.37. The second kappa shape index (κ2) is 6.02. The molecule has 1 aliphatic rings. The third-order valence-electron chi connectivity index (χ3n) is 4.26.